The summed E-state index contributed by atoms with van der Waals surface area (Å²) in [5, 5.41) is 0.274. The number of nitrogen functional groups attached to an aromatic ring is 1. The summed E-state index contributed by atoms with van der Waals surface area (Å²) in [5.74, 6) is -0.991. The van der Waals surface area contributed by atoms with Crippen molar-refractivity contribution in [2.24, 2.45) is 5.73 Å². The van der Waals surface area contributed by atoms with Gasteiger partial charge in [0.15, 0.2) is 11.7 Å². The van der Waals surface area contributed by atoms with Gasteiger partial charge in [-0.05, 0) is 68.3 Å². The summed E-state index contributed by atoms with van der Waals surface area (Å²) in [4.78, 5) is 45.5. The first-order valence-electron chi connectivity index (χ1n) is 12.4. The molecule has 1 aliphatic heterocycles. The Kier molecular flexibility index (Phi) is 8.57. The summed E-state index contributed by atoms with van der Waals surface area (Å²) in [5.41, 5.74) is 12.5. The van der Waals surface area contributed by atoms with E-state index in [0.717, 1.165) is 50.1 Å². The molecule has 11 heteroatoms. The Morgan fingerprint density at radius 2 is 1.68 bits per heavy atom. The molecule has 38 heavy (non-hydrogen) atoms. The van der Waals surface area contributed by atoms with Gasteiger partial charge in [-0.1, -0.05) is 24.2 Å². The van der Waals surface area contributed by atoms with Gasteiger partial charge in [-0.25, -0.2) is 9.37 Å². The molecule has 0 unspecified atom stereocenters. The monoisotopic (exact) mass is 539 g/mol. The number of nitrogens with two attached hydrogens (primary N) is 2. The van der Waals surface area contributed by atoms with E-state index in [1.165, 1.54) is 29.2 Å². The van der Waals surface area contributed by atoms with Crippen LogP contribution < -0.4 is 21.1 Å². The fourth-order valence-corrected chi connectivity index (χ4v) is 5.25. The number of rotatable bonds is 9. The number of primary amides is 1. The minimum absolute atomic E-state index is 0.00200. The molecule has 4 N–H and O–H groups in total. The fourth-order valence-electron chi connectivity index (χ4n) is 4.20. The SMILES string of the molecule is C[C@H](C(N)=O)N(c1ccc(F)cc1)c1nc(N)c(C(=O)c2ccc(OCC(=O)N3CCCCCC3)cc2)s1. The van der Waals surface area contributed by atoms with Crippen LogP contribution >= 0.6 is 11.3 Å². The Hall–Kier alpha value is -3.99. The maximum atomic E-state index is 13.5. The zero-order chi connectivity index (χ0) is 27.2. The maximum Gasteiger partial charge on any atom is 0.260 e. The summed E-state index contributed by atoms with van der Waals surface area (Å²) < 4.78 is 19.1. The van der Waals surface area contributed by atoms with Crippen LogP contribution in [-0.2, 0) is 9.59 Å². The van der Waals surface area contributed by atoms with Crippen molar-refractivity contribution in [3.8, 4) is 5.75 Å². The molecular weight excluding hydrogens is 509 g/mol. The molecule has 0 saturated carbocycles. The maximum absolute atomic E-state index is 13.5. The molecule has 0 bridgehead atoms. The van der Waals surface area contributed by atoms with E-state index in [-0.39, 0.29) is 34.1 Å². The van der Waals surface area contributed by atoms with Gasteiger partial charge in [0.1, 0.15) is 28.3 Å². The standard InChI is InChI=1S/C27H30FN5O4S/c1-17(26(30)36)33(20-10-8-19(28)9-11-20)27-31-25(29)24(38-27)23(35)18-6-12-21(13-7-18)37-16-22(34)32-14-4-2-3-5-15-32/h6-13,17H,2-5,14-16,29H2,1H3,(H2,30,36)/t17-/m1/s1. The summed E-state index contributed by atoms with van der Waals surface area (Å²) in [6, 6.07) is 11.1. The number of benzene rings is 2. The summed E-state index contributed by atoms with van der Waals surface area (Å²) >= 11 is 1.01. The Morgan fingerprint density at radius 1 is 1.05 bits per heavy atom. The number of halogens is 1. The van der Waals surface area contributed by atoms with Crippen molar-refractivity contribution in [3.05, 3.63) is 64.8 Å². The van der Waals surface area contributed by atoms with Crippen LogP contribution in [0.2, 0.25) is 0 Å². The van der Waals surface area contributed by atoms with Gasteiger partial charge in [-0.15, -0.1) is 0 Å². The molecule has 200 valence electrons. The Labute approximate surface area is 224 Å². The van der Waals surface area contributed by atoms with E-state index in [1.807, 2.05) is 4.90 Å². The van der Waals surface area contributed by atoms with E-state index >= 15 is 0 Å². The Morgan fingerprint density at radius 3 is 2.29 bits per heavy atom. The normalized spacial score (nSPS) is 14.4. The molecule has 1 fully saturated rings. The number of anilines is 3. The summed E-state index contributed by atoms with van der Waals surface area (Å²) in [7, 11) is 0. The first kappa shape index (κ1) is 27.1. The van der Waals surface area contributed by atoms with Crippen molar-refractivity contribution in [2.45, 2.75) is 38.6 Å². The highest BCUT2D eigenvalue weighted by Crippen LogP contribution is 2.36. The Bertz CT molecular complexity index is 1290. The van der Waals surface area contributed by atoms with Crippen molar-refractivity contribution in [1.82, 2.24) is 9.88 Å². The third-order valence-electron chi connectivity index (χ3n) is 6.40. The number of ether oxygens (including phenoxy) is 1. The lowest BCUT2D eigenvalue weighted by Crippen LogP contribution is -2.39. The molecule has 4 rings (SSSR count). The van der Waals surface area contributed by atoms with Gasteiger partial charge >= 0.3 is 0 Å². The number of hydrogen-bond donors (Lipinski definition) is 2. The van der Waals surface area contributed by atoms with Gasteiger partial charge in [0.2, 0.25) is 11.7 Å². The van der Waals surface area contributed by atoms with Crippen LogP contribution in [0, 0.1) is 5.82 Å². The second-order valence-corrected chi connectivity index (χ2v) is 10.1. The van der Waals surface area contributed by atoms with Crippen LogP contribution in [0.4, 0.5) is 21.0 Å². The molecule has 2 amide bonds. The third-order valence-corrected chi connectivity index (χ3v) is 7.47. The second-order valence-electron chi connectivity index (χ2n) is 9.07. The first-order valence-corrected chi connectivity index (χ1v) is 13.2. The molecule has 0 radical (unpaired) electrons. The highest BCUT2D eigenvalue weighted by molar-refractivity contribution is 7.18. The molecule has 1 aliphatic rings. The van der Waals surface area contributed by atoms with E-state index < -0.39 is 17.8 Å². The zero-order valence-corrected chi connectivity index (χ0v) is 21.9. The molecule has 3 aromatic rings. The van der Waals surface area contributed by atoms with Crippen LogP contribution in [0.15, 0.2) is 48.5 Å². The molecule has 0 aliphatic carbocycles. The van der Waals surface area contributed by atoms with Crippen LogP contribution in [0.25, 0.3) is 0 Å². The molecule has 2 heterocycles. The number of ketones is 1. The molecule has 1 aromatic heterocycles. The van der Waals surface area contributed by atoms with E-state index in [2.05, 4.69) is 4.98 Å². The quantitative estimate of drug-likeness (QED) is 0.394. The van der Waals surface area contributed by atoms with Crippen molar-refractivity contribution < 1.29 is 23.5 Å². The number of carbonyl (C=O) groups excluding carboxylic acids is 3. The fraction of sp³-hybridized carbons (Fsp3) is 0.333. The van der Waals surface area contributed by atoms with Gasteiger partial charge in [0.25, 0.3) is 5.91 Å². The topological polar surface area (TPSA) is 132 Å². The largest absolute Gasteiger partial charge is 0.484 e. The summed E-state index contributed by atoms with van der Waals surface area (Å²) in [6.45, 7) is 3.03. The number of hydrogen-bond acceptors (Lipinski definition) is 8. The third kappa shape index (κ3) is 6.28. The van der Waals surface area contributed by atoms with Gasteiger partial charge in [0, 0.05) is 24.3 Å². The van der Waals surface area contributed by atoms with Crippen molar-refractivity contribution in [1.29, 1.82) is 0 Å². The molecular formula is C27H30FN5O4S. The predicted molar refractivity (Wildman–Crippen MR) is 144 cm³/mol. The highest BCUT2D eigenvalue weighted by Gasteiger charge is 2.27. The number of amides is 2. The number of carbonyl (C=O) groups is 3. The van der Waals surface area contributed by atoms with Gasteiger partial charge in [0.05, 0.1) is 0 Å². The highest BCUT2D eigenvalue weighted by atomic mass is 32.1. The smallest absolute Gasteiger partial charge is 0.260 e. The lowest BCUT2D eigenvalue weighted by molar-refractivity contribution is -0.133. The van der Waals surface area contributed by atoms with E-state index in [1.54, 1.807) is 31.2 Å². The number of nitrogens with zero attached hydrogens (tertiary/aromatic N) is 3. The average molecular weight is 540 g/mol. The molecule has 1 saturated heterocycles. The van der Waals surface area contributed by atoms with Crippen molar-refractivity contribution in [2.75, 3.05) is 30.3 Å². The van der Waals surface area contributed by atoms with E-state index in [9.17, 15) is 18.8 Å². The van der Waals surface area contributed by atoms with Crippen molar-refractivity contribution in [3.63, 3.8) is 0 Å². The van der Waals surface area contributed by atoms with Gasteiger partial charge in [-0.3, -0.25) is 14.4 Å². The molecule has 2 aromatic carbocycles. The number of thiazole rings is 1. The zero-order valence-electron chi connectivity index (χ0n) is 21.1. The number of aromatic nitrogens is 1. The predicted octanol–water partition coefficient (Wildman–Crippen LogP) is 3.89. The minimum Gasteiger partial charge on any atom is -0.484 e. The lowest BCUT2D eigenvalue weighted by atomic mass is 10.1. The van der Waals surface area contributed by atoms with E-state index in [4.69, 9.17) is 16.2 Å². The van der Waals surface area contributed by atoms with Crippen molar-refractivity contribution >= 4 is 45.6 Å². The number of likely N-dealkylation sites (tertiary alicyclic amines) is 1. The average Bonchev–Trinajstić information content (AvgIpc) is 3.10. The van der Waals surface area contributed by atoms with Gasteiger partial charge in [-0.2, -0.15) is 0 Å². The van der Waals surface area contributed by atoms with Crippen LogP contribution in [0.1, 0.15) is 47.8 Å². The van der Waals surface area contributed by atoms with Crippen LogP contribution in [0.3, 0.4) is 0 Å². The second kappa shape index (κ2) is 12.0. The lowest BCUT2D eigenvalue weighted by Gasteiger charge is -2.26. The summed E-state index contributed by atoms with van der Waals surface area (Å²) in [6.07, 6.45) is 4.29. The molecule has 9 nitrogen and oxygen atoms in total. The Balaban J connectivity index is 1.48. The minimum atomic E-state index is -0.831. The first-order chi connectivity index (χ1) is 18.2. The molecule has 0 spiro atoms. The van der Waals surface area contributed by atoms with Crippen LogP contribution in [0.5, 0.6) is 5.75 Å². The molecule has 1 atom stereocenters. The van der Waals surface area contributed by atoms with Gasteiger partial charge < -0.3 is 26.0 Å². The van der Waals surface area contributed by atoms with Crippen LogP contribution in [-0.4, -0.2) is 53.2 Å². The van der Waals surface area contributed by atoms with E-state index in [0.29, 0.717) is 17.0 Å².